The van der Waals surface area contributed by atoms with Gasteiger partial charge in [-0.3, -0.25) is 4.79 Å². The molecule has 0 bridgehead atoms. The molecule has 1 N–H and O–H groups in total. The van der Waals surface area contributed by atoms with E-state index in [1.165, 1.54) is 0 Å². The highest BCUT2D eigenvalue weighted by Gasteiger charge is 2.40. The fraction of sp³-hybridized carbons (Fsp3) is 0.706. The molecule has 2 aliphatic rings. The Morgan fingerprint density at radius 3 is 2.75 bits per heavy atom. The Kier molecular flexibility index (Phi) is 5.63. The monoisotopic (exact) mass is 334 g/mol. The minimum atomic E-state index is -0.412. The summed E-state index contributed by atoms with van der Waals surface area (Å²) < 4.78 is 11.5. The maximum atomic E-state index is 12.2. The van der Waals surface area contributed by atoms with E-state index >= 15 is 0 Å². The van der Waals surface area contributed by atoms with Crippen molar-refractivity contribution in [3.8, 4) is 0 Å². The van der Waals surface area contributed by atoms with Gasteiger partial charge in [-0.15, -0.1) is 0 Å². The van der Waals surface area contributed by atoms with E-state index in [1.54, 1.807) is 12.3 Å². The number of carbonyl (C=O) groups is 1. The summed E-state index contributed by atoms with van der Waals surface area (Å²) in [6.45, 7) is 5.70. The maximum Gasteiger partial charge on any atom is 0.270 e. The second-order valence-corrected chi connectivity index (χ2v) is 6.30. The number of anilines is 1. The van der Waals surface area contributed by atoms with Gasteiger partial charge >= 0.3 is 0 Å². The SMILES string of the molecule is CCCCCNC(=O)c1ccnc(N2CCC3(CC2)OCCO3)n1. The first-order valence-electron chi connectivity index (χ1n) is 8.86. The molecule has 0 aromatic carbocycles. The second-order valence-electron chi connectivity index (χ2n) is 6.30. The number of piperidine rings is 1. The largest absolute Gasteiger partial charge is 0.351 e. The molecule has 132 valence electrons. The number of carbonyl (C=O) groups excluding carboxylic acids is 1. The minimum absolute atomic E-state index is 0.134. The van der Waals surface area contributed by atoms with E-state index in [0.29, 0.717) is 31.4 Å². The molecule has 0 radical (unpaired) electrons. The summed E-state index contributed by atoms with van der Waals surface area (Å²) in [5, 5.41) is 2.92. The van der Waals surface area contributed by atoms with Crippen LogP contribution in [-0.4, -0.2) is 54.5 Å². The molecule has 1 amide bonds. The summed E-state index contributed by atoms with van der Waals surface area (Å²) in [5.74, 6) is 0.0554. The maximum absolute atomic E-state index is 12.2. The number of nitrogens with one attached hydrogen (secondary N) is 1. The van der Waals surface area contributed by atoms with E-state index < -0.39 is 5.79 Å². The molecule has 0 unspecified atom stereocenters. The number of hydrogen-bond donors (Lipinski definition) is 1. The molecule has 7 nitrogen and oxygen atoms in total. The molecular formula is C17H26N4O3. The van der Waals surface area contributed by atoms with Crippen LogP contribution in [-0.2, 0) is 9.47 Å². The van der Waals surface area contributed by atoms with Gasteiger partial charge in [-0.05, 0) is 12.5 Å². The van der Waals surface area contributed by atoms with Gasteiger partial charge in [-0.1, -0.05) is 19.8 Å². The van der Waals surface area contributed by atoms with Crippen molar-refractivity contribution < 1.29 is 14.3 Å². The van der Waals surface area contributed by atoms with Crippen molar-refractivity contribution in [2.75, 3.05) is 37.7 Å². The van der Waals surface area contributed by atoms with Crippen molar-refractivity contribution in [2.45, 2.75) is 44.8 Å². The quantitative estimate of drug-likeness (QED) is 0.799. The Morgan fingerprint density at radius 2 is 2.04 bits per heavy atom. The summed E-state index contributed by atoms with van der Waals surface area (Å²) in [6, 6.07) is 1.66. The van der Waals surface area contributed by atoms with Crippen LogP contribution in [0, 0.1) is 0 Å². The number of hydrogen-bond acceptors (Lipinski definition) is 6. The highest BCUT2D eigenvalue weighted by atomic mass is 16.7. The van der Waals surface area contributed by atoms with Crippen LogP contribution in [0.2, 0.25) is 0 Å². The number of amides is 1. The number of aromatic nitrogens is 2. The van der Waals surface area contributed by atoms with E-state index in [1.807, 2.05) is 0 Å². The molecule has 0 aliphatic carbocycles. The number of unbranched alkanes of at least 4 members (excludes halogenated alkanes) is 2. The molecule has 2 fully saturated rings. The van der Waals surface area contributed by atoms with Crippen LogP contribution in [0.15, 0.2) is 12.3 Å². The lowest BCUT2D eigenvalue weighted by molar-refractivity contribution is -0.169. The molecule has 24 heavy (non-hydrogen) atoms. The normalized spacial score (nSPS) is 19.6. The van der Waals surface area contributed by atoms with Crippen LogP contribution in [0.3, 0.4) is 0 Å². The molecule has 1 spiro atoms. The molecule has 1 aromatic heterocycles. The molecule has 1 aromatic rings. The molecular weight excluding hydrogens is 308 g/mol. The van der Waals surface area contributed by atoms with Crippen molar-refractivity contribution in [1.82, 2.24) is 15.3 Å². The third-order valence-corrected chi connectivity index (χ3v) is 4.56. The van der Waals surface area contributed by atoms with Crippen LogP contribution in [0.4, 0.5) is 5.95 Å². The van der Waals surface area contributed by atoms with Crippen molar-refractivity contribution in [3.05, 3.63) is 18.0 Å². The van der Waals surface area contributed by atoms with E-state index in [4.69, 9.17) is 9.47 Å². The third-order valence-electron chi connectivity index (χ3n) is 4.56. The minimum Gasteiger partial charge on any atom is -0.351 e. The van der Waals surface area contributed by atoms with Gasteiger partial charge < -0.3 is 19.7 Å². The Balaban J connectivity index is 1.56. The summed E-state index contributed by atoms with van der Waals surface area (Å²) >= 11 is 0. The topological polar surface area (TPSA) is 76.6 Å². The summed E-state index contributed by atoms with van der Waals surface area (Å²) in [4.78, 5) is 23.0. The number of rotatable bonds is 6. The number of ether oxygens (including phenoxy) is 2. The van der Waals surface area contributed by atoms with E-state index in [9.17, 15) is 4.79 Å². The predicted molar refractivity (Wildman–Crippen MR) is 90.0 cm³/mol. The van der Waals surface area contributed by atoms with Crippen LogP contribution in [0.5, 0.6) is 0 Å². The number of nitrogens with zero attached hydrogens (tertiary/aromatic N) is 3. The van der Waals surface area contributed by atoms with Crippen molar-refractivity contribution >= 4 is 11.9 Å². The summed E-state index contributed by atoms with van der Waals surface area (Å²) in [7, 11) is 0. The molecule has 3 heterocycles. The molecule has 3 rings (SSSR count). The molecule has 0 saturated carbocycles. The fourth-order valence-corrected chi connectivity index (χ4v) is 3.13. The van der Waals surface area contributed by atoms with Crippen molar-refractivity contribution in [3.63, 3.8) is 0 Å². The Morgan fingerprint density at radius 1 is 1.29 bits per heavy atom. The fourth-order valence-electron chi connectivity index (χ4n) is 3.13. The lowest BCUT2D eigenvalue weighted by Crippen LogP contribution is -2.45. The highest BCUT2D eigenvalue weighted by molar-refractivity contribution is 5.92. The zero-order valence-electron chi connectivity index (χ0n) is 14.3. The molecule has 0 atom stereocenters. The van der Waals surface area contributed by atoms with E-state index in [2.05, 4.69) is 27.1 Å². The molecule has 2 saturated heterocycles. The van der Waals surface area contributed by atoms with Gasteiger partial charge in [0.05, 0.1) is 13.2 Å². The first kappa shape index (κ1) is 17.1. The van der Waals surface area contributed by atoms with Gasteiger partial charge in [0.2, 0.25) is 5.95 Å². The smallest absolute Gasteiger partial charge is 0.270 e. The van der Waals surface area contributed by atoms with Crippen LogP contribution in [0.25, 0.3) is 0 Å². The Bertz CT molecular complexity index is 551. The molecule has 7 heteroatoms. The lowest BCUT2D eigenvalue weighted by atomic mass is 10.0. The first-order valence-corrected chi connectivity index (χ1v) is 8.86. The Labute approximate surface area is 142 Å². The van der Waals surface area contributed by atoms with E-state index in [0.717, 1.165) is 45.2 Å². The van der Waals surface area contributed by atoms with Gasteiger partial charge in [0, 0.05) is 38.7 Å². The van der Waals surface area contributed by atoms with Gasteiger partial charge in [0.15, 0.2) is 5.79 Å². The lowest BCUT2D eigenvalue weighted by Gasteiger charge is -2.37. The first-order chi connectivity index (χ1) is 11.7. The average Bonchev–Trinajstić information content (AvgIpc) is 3.07. The summed E-state index contributed by atoms with van der Waals surface area (Å²) in [6.07, 6.45) is 6.49. The standard InChI is InChI=1S/C17H26N4O3/c1-2-3-4-8-18-15(22)14-5-9-19-16(20-14)21-10-6-17(7-11-21)23-12-13-24-17/h5,9H,2-4,6-8,10-13H2,1H3,(H,18,22). The van der Waals surface area contributed by atoms with Crippen LogP contribution < -0.4 is 10.2 Å². The molecule has 2 aliphatic heterocycles. The second kappa shape index (κ2) is 7.90. The van der Waals surface area contributed by atoms with Crippen molar-refractivity contribution in [2.24, 2.45) is 0 Å². The van der Waals surface area contributed by atoms with Gasteiger partial charge in [-0.25, -0.2) is 9.97 Å². The van der Waals surface area contributed by atoms with Gasteiger partial charge in [-0.2, -0.15) is 0 Å². The van der Waals surface area contributed by atoms with E-state index in [-0.39, 0.29) is 5.91 Å². The van der Waals surface area contributed by atoms with Crippen molar-refractivity contribution in [1.29, 1.82) is 0 Å². The zero-order chi connectivity index (χ0) is 16.8. The zero-order valence-corrected chi connectivity index (χ0v) is 14.3. The third kappa shape index (κ3) is 4.02. The van der Waals surface area contributed by atoms with Crippen LogP contribution >= 0.6 is 0 Å². The average molecular weight is 334 g/mol. The van der Waals surface area contributed by atoms with Gasteiger partial charge in [0.1, 0.15) is 5.69 Å². The van der Waals surface area contributed by atoms with Crippen LogP contribution in [0.1, 0.15) is 49.5 Å². The van der Waals surface area contributed by atoms with Gasteiger partial charge in [0.25, 0.3) is 5.91 Å². The predicted octanol–water partition coefficient (Wildman–Crippen LogP) is 1.74. The Hall–Kier alpha value is -1.73. The summed E-state index contributed by atoms with van der Waals surface area (Å²) in [5.41, 5.74) is 0.421. The highest BCUT2D eigenvalue weighted by Crippen LogP contribution is 2.32.